The maximum atomic E-state index is 13.3. The number of rotatable bonds is 7. The van der Waals surface area contributed by atoms with Crippen molar-refractivity contribution in [1.29, 1.82) is 0 Å². The van der Waals surface area contributed by atoms with Crippen LogP contribution in [0.4, 0.5) is 4.79 Å². The molecule has 1 aromatic carbocycles. The summed E-state index contributed by atoms with van der Waals surface area (Å²) >= 11 is 1.67. The van der Waals surface area contributed by atoms with Gasteiger partial charge in [0, 0.05) is 16.7 Å². The molecule has 172 valence electrons. The lowest BCUT2D eigenvalue weighted by molar-refractivity contribution is -0.139. The second-order valence-electron chi connectivity index (χ2n) is 9.46. The molecule has 1 aliphatic rings. The van der Waals surface area contributed by atoms with E-state index in [1.807, 2.05) is 51.1 Å². The Kier molecular flexibility index (Phi) is 8.19. The van der Waals surface area contributed by atoms with E-state index in [9.17, 15) is 19.8 Å². The minimum atomic E-state index is -1.14. The van der Waals surface area contributed by atoms with Crippen molar-refractivity contribution >= 4 is 23.8 Å². The van der Waals surface area contributed by atoms with Crippen molar-refractivity contribution in [2.75, 3.05) is 0 Å². The fourth-order valence-electron chi connectivity index (χ4n) is 3.56. The Hall–Kier alpha value is -2.03. The number of carbonyl (C=O) groups excluding carboxylic acids is 1. The van der Waals surface area contributed by atoms with Crippen LogP contribution in [0.2, 0.25) is 0 Å². The van der Waals surface area contributed by atoms with Crippen LogP contribution in [0.15, 0.2) is 42.5 Å². The molecule has 0 bridgehead atoms. The third-order valence-electron chi connectivity index (χ3n) is 4.92. The lowest BCUT2D eigenvalue weighted by atomic mass is 9.98. The van der Waals surface area contributed by atoms with E-state index in [4.69, 9.17) is 5.11 Å². The molecule has 0 radical (unpaired) electrons. The van der Waals surface area contributed by atoms with E-state index in [0.29, 0.717) is 0 Å². The highest BCUT2D eigenvalue weighted by Gasteiger charge is 2.49. The largest absolute Gasteiger partial charge is 0.481 e. The number of thioether (sulfide) groups is 1. The van der Waals surface area contributed by atoms with Crippen molar-refractivity contribution in [3.63, 3.8) is 0 Å². The van der Waals surface area contributed by atoms with E-state index in [2.05, 4.69) is 19.2 Å². The molecule has 0 spiro atoms. The molecule has 1 aromatic rings. The van der Waals surface area contributed by atoms with Crippen LogP contribution in [0.25, 0.3) is 0 Å². The molecule has 1 heterocycles. The molecule has 2 rings (SSSR count). The zero-order valence-electron chi connectivity index (χ0n) is 18.8. The van der Waals surface area contributed by atoms with Gasteiger partial charge in [-0.2, -0.15) is 0 Å². The Bertz CT molecular complexity index is 791. The number of carboxylic acid groups (broad SMARTS) is 1. The summed E-state index contributed by atoms with van der Waals surface area (Å²) in [6.45, 7) is 9.89. The van der Waals surface area contributed by atoms with Crippen LogP contribution < -0.4 is 5.32 Å². The molecular weight excluding hydrogens is 416 g/mol. The first-order valence-electron chi connectivity index (χ1n) is 10.4. The van der Waals surface area contributed by atoms with E-state index in [1.54, 1.807) is 28.8 Å². The Balaban J connectivity index is 2.30. The highest BCUT2D eigenvalue weighted by atomic mass is 32.2. The van der Waals surface area contributed by atoms with Crippen molar-refractivity contribution < 1.29 is 24.9 Å². The number of nitrogens with zero attached hydrogens (tertiary/aromatic N) is 1. The average Bonchev–Trinajstić information content (AvgIpc) is 2.89. The third-order valence-corrected chi connectivity index (χ3v) is 6.49. The van der Waals surface area contributed by atoms with Gasteiger partial charge in [0.05, 0.1) is 24.7 Å². The molecule has 1 aliphatic heterocycles. The van der Waals surface area contributed by atoms with Crippen LogP contribution in [0.3, 0.4) is 0 Å². The first-order valence-corrected chi connectivity index (χ1v) is 11.3. The normalized spacial score (nSPS) is 23.0. The van der Waals surface area contributed by atoms with E-state index < -0.39 is 30.1 Å². The Labute approximate surface area is 188 Å². The van der Waals surface area contributed by atoms with Crippen molar-refractivity contribution in [2.45, 2.75) is 81.4 Å². The number of benzene rings is 1. The summed E-state index contributed by atoms with van der Waals surface area (Å²) in [5.41, 5.74) is 0.600. The molecule has 4 atom stereocenters. The van der Waals surface area contributed by atoms with Gasteiger partial charge in [0.2, 0.25) is 0 Å². The van der Waals surface area contributed by atoms with Crippen molar-refractivity contribution in [1.82, 2.24) is 10.2 Å². The van der Waals surface area contributed by atoms with E-state index in [-0.39, 0.29) is 28.6 Å². The van der Waals surface area contributed by atoms with Gasteiger partial charge in [-0.05, 0) is 40.2 Å². The molecular formula is C23H34N2O5S. The van der Waals surface area contributed by atoms with Gasteiger partial charge >= 0.3 is 12.0 Å². The maximum absolute atomic E-state index is 13.3. The molecule has 1 saturated heterocycles. The molecule has 1 unspecified atom stereocenters. The number of aliphatic hydroxyl groups is 2. The molecule has 31 heavy (non-hydrogen) atoms. The topological polar surface area (TPSA) is 110 Å². The molecule has 2 amide bonds. The number of hydrogen-bond donors (Lipinski definition) is 4. The molecule has 0 aliphatic carbocycles. The van der Waals surface area contributed by atoms with Gasteiger partial charge in [0.1, 0.15) is 5.37 Å². The number of aliphatic carboxylic acids is 1. The summed E-state index contributed by atoms with van der Waals surface area (Å²) < 4.78 is -0.342. The number of aliphatic hydroxyl groups excluding tert-OH is 2. The standard InChI is InChI=1S/C23H34N2O5S/c1-22(2,3)24-21(30)25-18(12-11-16(26)13-17(27)14-19(28)29)23(4,5)31-20(25)15-9-7-6-8-10-15/h6-12,16-18,20,26-27H,13-14H2,1-5H3,(H,24,30)(H,28,29)/b12-11+/t16-,17-,18+,20?/m1/s1. The quantitative estimate of drug-likeness (QED) is 0.473. The van der Waals surface area contributed by atoms with Crippen LogP contribution in [0.5, 0.6) is 0 Å². The maximum Gasteiger partial charge on any atom is 0.319 e. The summed E-state index contributed by atoms with van der Waals surface area (Å²) in [7, 11) is 0. The zero-order valence-corrected chi connectivity index (χ0v) is 19.6. The zero-order chi connectivity index (χ0) is 23.4. The Morgan fingerprint density at radius 1 is 1.23 bits per heavy atom. The van der Waals surface area contributed by atoms with Crippen LogP contribution in [-0.2, 0) is 4.79 Å². The number of urea groups is 1. The summed E-state index contributed by atoms with van der Waals surface area (Å²) in [6, 6.07) is 9.29. The second-order valence-corrected chi connectivity index (χ2v) is 11.2. The molecule has 4 N–H and O–H groups in total. The fourth-order valence-corrected chi connectivity index (χ4v) is 5.10. The number of hydrogen-bond acceptors (Lipinski definition) is 5. The van der Waals surface area contributed by atoms with Crippen LogP contribution in [0, 0.1) is 0 Å². The molecule has 1 fully saturated rings. The number of carbonyl (C=O) groups is 2. The van der Waals surface area contributed by atoms with Crippen molar-refractivity contribution in [2.24, 2.45) is 0 Å². The summed E-state index contributed by atoms with van der Waals surface area (Å²) in [5, 5.41) is 31.7. The van der Waals surface area contributed by atoms with Crippen LogP contribution in [-0.4, -0.2) is 60.8 Å². The van der Waals surface area contributed by atoms with Gasteiger partial charge in [-0.25, -0.2) is 4.79 Å². The van der Waals surface area contributed by atoms with Gasteiger partial charge in [0.25, 0.3) is 0 Å². The second kappa shape index (κ2) is 10.1. The van der Waals surface area contributed by atoms with Gasteiger partial charge in [-0.15, -0.1) is 11.8 Å². The molecule has 0 aromatic heterocycles. The van der Waals surface area contributed by atoms with Gasteiger partial charge in [-0.3, -0.25) is 4.79 Å². The number of nitrogens with one attached hydrogen (secondary N) is 1. The highest BCUT2D eigenvalue weighted by molar-refractivity contribution is 8.01. The fraction of sp³-hybridized carbons (Fsp3) is 0.565. The summed E-state index contributed by atoms with van der Waals surface area (Å²) in [5.74, 6) is -1.12. The Morgan fingerprint density at radius 2 is 1.84 bits per heavy atom. The van der Waals surface area contributed by atoms with Crippen molar-refractivity contribution in [3.05, 3.63) is 48.0 Å². The number of carboxylic acids is 1. The predicted molar refractivity (Wildman–Crippen MR) is 123 cm³/mol. The minimum Gasteiger partial charge on any atom is -0.481 e. The minimum absolute atomic E-state index is 0.0839. The monoisotopic (exact) mass is 450 g/mol. The molecule has 0 saturated carbocycles. The van der Waals surface area contributed by atoms with Crippen LogP contribution >= 0.6 is 11.8 Å². The van der Waals surface area contributed by atoms with Crippen molar-refractivity contribution in [3.8, 4) is 0 Å². The lowest BCUT2D eigenvalue weighted by Crippen LogP contribution is -2.52. The summed E-state index contributed by atoms with van der Waals surface area (Å²) in [4.78, 5) is 25.8. The van der Waals surface area contributed by atoms with Crippen LogP contribution in [0.1, 0.15) is 58.4 Å². The first kappa shape index (κ1) is 25.2. The van der Waals surface area contributed by atoms with E-state index in [0.717, 1.165) is 5.56 Å². The Morgan fingerprint density at radius 3 is 2.39 bits per heavy atom. The predicted octanol–water partition coefficient (Wildman–Crippen LogP) is 3.53. The third kappa shape index (κ3) is 7.26. The SMILES string of the molecule is CC(C)(C)NC(=O)N1C(c2ccccc2)SC(C)(C)[C@@H]1/C=C/[C@@H](O)C[C@@H](O)CC(=O)O. The highest BCUT2D eigenvalue weighted by Crippen LogP contribution is 2.52. The molecule has 7 nitrogen and oxygen atoms in total. The summed E-state index contributed by atoms with van der Waals surface area (Å²) in [6.07, 6.45) is 0.670. The van der Waals surface area contributed by atoms with Gasteiger partial charge in [0.15, 0.2) is 0 Å². The first-order chi connectivity index (χ1) is 14.3. The van der Waals surface area contributed by atoms with E-state index >= 15 is 0 Å². The smallest absolute Gasteiger partial charge is 0.319 e. The van der Waals surface area contributed by atoms with Gasteiger partial charge in [-0.1, -0.05) is 42.5 Å². The molecule has 8 heteroatoms. The average molecular weight is 451 g/mol. The lowest BCUT2D eigenvalue weighted by Gasteiger charge is -2.34. The van der Waals surface area contributed by atoms with E-state index in [1.165, 1.54) is 0 Å². The van der Waals surface area contributed by atoms with Gasteiger partial charge < -0.3 is 25.5 Å². The number of amides is 2.